The Morgan fingerprint density at radius 3 is 2.47 bits per heavy atom. The van der Waals surface area contributed by atoms with E-state index in [2.05, 4.69) is 5.32 Å². The van der Waals surface area contributed by atoms with E-state index in [4.69, 9.17) is 16.3 Å². The molecule has 3 rings (SSSR count). The minimum Gasteiger partial charge on any atom is -0.455 e. The predicted molar refractivity (Wildman–Crippen MR) is 103 cm³/mol. The van der Waals surface area contributed by atoms with Crippen molar-refractivity contribution >= 4 is 40.8 Å². The zero-order valence-electron chi connectivity index (χ0n) is 15.4. The van der Waals surface area contributed by atoms with Crippen LogP contribution in [0.1, 0.15) is 12.0 Å². The fourth-order valence-corrected chi connectivity index (χ4v) is 3.14. The Balaban J connectivity index is 1.55. The Morgan fingerprint density at radius 2 is 1.80 bits per heavy atom. The molecule has 158 valence electrons. The van der Waals surface area contributed by atoms with Crippen molar-refractivity contribution in [2.45, 2.75) is 12.6 Å². The van der Waals surface area contributed by atoms with Crippen molar-refractivity contribution in [3.8, 4) is 0 Å². The number of amides is 2. The molecule has 1 aliphatic heterocycles. The van der Waals surface area contributed by atoms with E-state index in [0.29, 0.717) is 10.7 Å². The third kappa shape index (κ3) is 5.10. The molecule has 2 aromatic carbocycles. The van der Waals surface area contributed by atoms with Crippen molar-refractivity contribution in [1.82, 2.24) is 0 Å². The van der Waals surface area contributed by atoms with Gasteiger partial charge < -0.3 is 15.0 Å². The van der Waals surface area contributed by atoms with E-state index in [0.717, 1.165) is 12.1 Å². The molecular formula is C20H16ClF3N2O4. The average Bonchev–Trinajstić information content (AvgIpc) is 3.08. The number of esters is 1. The summed E-state index contributed by atoms with van der Waals surface area (Å²) in [6.45, 7) is -0.700. The number of halogens is 4. The molecule has 0 radical (unpaired) electrons. The van der Waals surface area contributed by atoms with Crippen LogP contribution in [0.2, 0.25) is 5.02 Å². The van der Waals surface area contributed by atoms with Crippen LogP contribution in [0, 0.1) is 5.92 Å². The molecule has 1 N–H and O–H groups in total. The maximum atomic E-state index is 13.0. The van der Waals surface area contributed by atoms with Gasteiger partial charge in [0.2, 0.25) is 5.91 Å². The first-order chi connectivity index (χ1) is 14.1. The quantitative estimate of drug-likeness (QED) is 0.716. The first-order valence-corrected chi connectivity index (χ1v) is 9.21. The predicted octanol–water partition coefficient (Wildman–Crippen LogP) is 3.89. The summed E-state index contributed by atoms with van der Waals surface area (Å²) in [6, 6.07) is 11.0. The summed E-state index contributed by atoms with van der Waals surface area (Å²) >= 11 is 5.82. The van der Waals surface area contributed by atoms with Crippen molar-refractivity contribution < 1.29 is 32.3 Å². The Morgan fingerprint density at radius 1 is 1.13 bits per heavy atom. The number of hydrogen-bond donors (Lipinski definition) is 1. The molecule has 1 aliphatic rings. The van der Waals surface area contributed by atoms with Crippen molar-refractivity contribution in [3.05, 3.63) is 59.1 Å². The van der Waals surface area contributed by atoms with Crippen LogP contribution in [0.15, 0.2) is 48.5 Å². The summed E-state index contributed by atoms with van der Waals surface area (Å²) in [6.07, 6.45) is -4.74. The molecule has 2 aromatic rings. The number of carbonyl (C=O) groups excluding carboxylic acids is 3. The van der Waals surface area contributed by atoms with E-state index in [1.54, 1.807) is 24.3 Å². The van der Waals surface area contributed by atoms with Gasteiger partial charge in [0.25, 0.3) is 5.91 Å². The summed E-state index contributed by atoms with van der Waals surface area (Å²) in [5, 5.41) is 2.59. The maximum Gasteiger partial charge on any atom is 0.418 e. The highest BCUT2D eigenvalue weighted by atomic mass is 35.5. The Labute approximate surface area is 174 Å². The minimum absolute atomic E-state index is 0.0673. The van der Waals surface area contributed by atoms with Gasteiger partial charge in [0.1, 0.15) is 0 Å². The lowest BCUT2D eigenvalue weighted by molar-refractivity contribution is -0.151. The molecular weight excluding hydrogens is 425 g/mol. The number of alkyl halides is 3. The van der Waals surface area contributed by atoms with Crippen molar-refractivity contribution in [2.24, 2.45) is 5.92 Å². The normalized spacial score (nSPS) is 16.5. The molecule has 0 aliphatic carbocycles. The molecule has 30 heavy (non-hydrogen) atoms. The van der Waals surface area contributed by atoms with Crippen molar-refractivity contribution in [1.29, 1.82) is 0 Å². The van der Waals surface area contributed by atoms with Crippen LogP contribution in [-0.2, 0) is 25.3 Å². The molecule has 0 spiro atoms. The third-order valence-corrected chi connectivity index (χ3v) is 4.70. The number of nitrogens with zero attached hydrogens (tertiary/aromatic N) is 1. The van der Waals surface area contributed by atoms with Crippen LogP contribution in [-0.4, -0.2) is 30.9 Å². The molecule has 10 heteroatoms. The molecule has 6 nitrogen and oxygen atoms in total. The number of anilines is 2. The van der Waals surface area contributed by atoms with Crippen LogP contribution in [0.4, 0.5) is 24.5 Å². The van der Waals surface area contributed by atoms with E-state index < -0.39 is 41.8 Å². The number of ether oxygens (including phenoxy) is 1. The van der Waals surface area contributed by atoms with Gasteiger partial charge in [0.15, 0.2) is 6.61 Å². The Bertz CT molecular complexity index is 963. The maximum absolute atomic E-state index is 13.0. The van der Waals surface area contributed by atoms with Gasteiger partial charge in [-0.2, -0.15) is 13.2 Å². The van der Waals surface area contributed by atoms with Gasteiger partial charge in [-0.25, -0.2) is 0 Å². The smallest absolute Gasteiger partial charge is 0.418 e. The van der Waals surface area contributed by atoms with Crippen molar-refractivity contribution in [2.75, 3.05) is 23.4 Å². The lowest BCUT2D eigenvalue weighted by Crippen LogP contribution is -2.28. The fraction of sp³-hybridized carbons (Fsp3) is 0.250. The van der Waals surface area contributed by atoms with Crippen LogP contribution in [0.3, 0.4) is 0 Å². The van der Waals surface area contributed by atoms with Gasteiger partial charge in [0.05, 0.1) is 17.2 Å². The lowest BCUT2D eigenvalue weighted by atomic mass is 10.1. The van der Waals surface area contributed by atoms with Gasteiger partial charge in [-0.3, -0.25) is 14.4 Å². The Kier molecular flexibility index (Phi) is 6.31. The van der Waals surface area contributed by atoms with Gasteiger partial charge in [-0.15, -0.1) is 0 Å². The van der Waals surface area contributed by atoms with Crippen molar-refractivity contribution in [3.63, 3.8) is 0 Å². The topological polar surface area (TPSA) is 75.7 Å². The molecule has 1 saturated heterocycles. The van der Waals surface area contributed by atoms with Crippen LogP contribution in [0.25, 0.3) is 0 Å². The lowest BCUT2D eigenvalue weighted by Gasteiger charge is -2.16. The molecule has 1 atom stereocenters. The fourth-order valence-electron chi connectivity index (χ4n) is 3.02. The first-order valence-electron chi connectivity index (χ1n) is 8.84. The van der Waals surface area contributed by atoms with E-state index in [9.17, 15) is 27.6 Å². The van der Waals surface area contributed by atoms with Crippen LogP contribution < -0.4 is 10.2 Å². The molecule has 0 bridgehead atoms. The highest BCUT2D eigenvalue weighted by molar-refractivity contribution is 6.30. The highest BCUT2D eigenvalue weighted by Crippen LogP contribution is 2.34. The van der Waals surface area contributed by atoms with Crippen LogP contribution in [0.5, 0.6) is 0 Å². The van der Waals surface area contributed by atoms with Gasteiger partial charge in [-0.1, -0.05) is 23.7 Å². The Hall–Kier alpha value is -3.07. The molecule has 2 amide bonds. The number of nitrogens with one attached hydrogen (secondary N) is 1. The molecule has 0 unspecified atom stereocenters. The standard InChI is InChI=1S/C20H16ClF3N2O4/c21-13-5-7-14(8-6-13)26-10-12(9-18(26)28)19(29)30-11-17(27)25-16-4-2-1-3-15(16)20(22,23)24/h1-8,12H,9-11H2,(H,25,27)/t12-/m1/s1. The van der Waals surface area contributed by atoms with E-state index in [1.165, 1.54) is 17.0 Å². The van der Waals surface area contributed by atoms with Gasteiger partial charge in [-0.05, 0) is 36.4 Å². The van der Waals surface area contributed by atoms with E-state index in [1.807, 2.05) is 0 Å². The number of benzene rings is 2. The molecule has 1 heterocycles. The molecule has 1 fully saturated rings. The summed E-state index contributed by atoms with van der Waals surface area (Å²) in [5.74, 6) is -2.77. The van der Waals surface area contributed by atoms with Gasteiger partial charge >= 0.3 is 12.1 Å². The summed E-state index contributed by atoms with van der Waals surface area (Å²) in [5.41, 5.74) is -0.873. The number of carbonyl (C=O) groups is 3. The summed E-state index contributed by atoms with van der Waals surface area (Å²) in [7, 11) is 0. The molecule has 0 saturated carbocycles. The highest BCUT2D eigenvalue weighted by Gasteiger charge is 2.37. The number of rotatable bonds is 5. The number of para-hydroxylation sites is 1. The van der Waals surface area contributed by atoms with Gasteiger partial charge in [0, 0.05) is 23.7 Å². The summed E-state index contributed by atoms with van der Waals surface area (Å²) in [4.78, 5) is 37.8. The SMILES string of the molecule is O=C(COC(=O)[C@@H]1CC(=O)N(c2ccc(Cl)cc2)C1)Nc1ccccc1C(F)(F)F. The zero-order chi connectivity index (χ0) is 21.9. The van der Waals surface area contributed by atoms with Crippen LogP contribution >= 0.6 is 11.6 Å². The summed E-state index contributed by atoms with van der Waals surface area (Å²) < 4.78 is 43.8. The zero-order valence-corrected chi connectivity index (χ0v) is 16.2. The minimum atomic E-state index is -4.64. The largest absolute Gasteiger partial charge is 0.455 e. The van der Waals surface area contributed by atoms with E-state index in [-0.39, 0.29) is 18.9 Å². The monoisotopic (exact) mass is 440 g/mol. The second-order valence-corrected chi connectivity index (χ2v) is 7.02. The first kappa shape index (κ1) is 21.6. The number of hydrogen-bond acceptors (Lipinski definition) is 4. The van der Waals surface area contributed by atoms with E-state index >= 15 is 0 Å². The third-order valence-electron chi connectivity index (χ3n) is 4.45. The molecule has 0 aromatic heterocycles. The average molecular weight is 441 g/mol. The second-order valence-electron chi connectivity index (χ2n) is 6.58. The second kappa shape index (κ2) is 8.74.